The van der Waals surface area contributed by atoms with Gasteiger partial charge < -0.3 is 0 Å². The van der Waals surface area contributed by atoms with Gasteiger partial charge in [0.15, 0.2) is 5.75 Å². The number of hydrogen-bond acceptors (Lipinski definition) is 3. The Morgan fingerprint density at radius 2 is 1.80 bits per heavy atom. The summed E-state index contributed by atoms with van der Waals surface area (Å²) >= 11 is 0. The molecule has 0 fully saturated rings. The van der Waals surface area contributed by atoms with Crippen molar-refractivity contribution in [3.05, 3.63) is 42.5 Å². The fourth-order valence-corrected chi connectivity index (χ4v) is 1.79. The maximum atomic E-state index is 11.1. The molecule has 0 radical (unpaired) electrons. The van der Waals surface area contributed by atoms with Crippen molar-refractivity contribution in [3.8, 4) is 5.75 Å². The molecule has 0 N–H and O–H groups in total. The molecule has 0 saturated heterocycles. The van der Waals surface area contributed by atoms with E-state index in [-0.39, 0.29) is 0 Å². The van der Waals surface area contributed by atoms with E-state index in [4.69, 9.17) is 4.52 Å². The summed E-state index contributed by atoms with van der Waals surface area (Å²) in [7, 11) is -0.727. The minimum atomic E-state index is -2.08. The van der Waals surface area contributed by atoms with Crippen LogP contribution < -0.4 is 4.52 Å². The zero-order valence-electron chi connectivity index (χ0n) is 8.21. The van der Waals surface area contributed by atoms with Crippen LogP contribution >= 0.6 is 8.25 Å². The third-order valence-electron chi connectivity index (χ3n) is 2.07. The van der Waals surface area contributed by atoms with Gasteiger partial charge in [-0.3, -0.25) is 0 Å². The topological polar surface area (TPSA) is 35.5 Å². The Labute approximate surface area is 88.6 Å². The van der Waals surface area contributed by atoms with Crippen LogP contribution in [0.1, 0.15) is 0 Å². The van der Waals surface area contributed by atoms with E-state index in [1.54, 1.807) is 6.07 Å². The van der Waals surface area contributed by atoms with Crippen molar-refractivity contribution >= 4 is 19.0 Å². The highest BCUT2D eigenvalue weighted by Crippen LogP contribution is 2.32. The molecule has 1 atom stereocenters. The van der Waals surface area contributed by atoms with Gasteiger partial charge >= 0.3 is 8.25 Å². The van der Waals surface area contributed by atoms with Crippen molar-refractivity contribution in [2.75, 3.05) is 7.11 Å². The molecular weight excluding hydrogens is 211 g/mol. The second kappa shape index (κ2) is 4.39. The molecule has 0 aliphatic carbocycles. The molecule has 2 rings (SSSR count). The summed E-state index contributed by atoms with van der Waals surface area (Å²) in [6.45, 7) is 0. The summed E-state index contributed by atoms with van der Waals surface area (Å²) in [6, 6.07) is 13.4. The third-order valence-corrected chi connectivity index (χ3v) is 2.72. The molecule has 0 spiro atoms. The lowest BCUT2D eigenvalue weighted by Gasteiger charge is -1.99. The van der Waals surface area contributed by atoms with Gasteiger partial charge in [-0.2, -0.15) is 0 Å². The first-order valence-electron chi connectivity index (χ1n) is 4.48. The van der Waals surface area contributed by atoms with Crippen molar-refractivity contribution in [3.63, 3.8) is 0 Å². The smallest absolute Gasteiger partial charge is 0.229 e. The van der Waals surface area contributed by atoms with E-state index >= 15 is 0 Å². The molecule has 4 heteroatoms. The summed E-state index contributed by atoms with van der Waals surface area (Å²) in [5, 5.41) is 1.98. The van der Waals surface area contributed by atoms with E-state index in [1.807, 2.05) is 36.4 Å². The van der Waals surface area contributed by atoms with Crippen LogP contribution in [0.5, 0.6) is 5.75 Å². The van der Waals surface area contributed by atoms with Gasteiger partial charge in [-0.25, -0.2) is 4.52 Å². The molecule has 0 aliphatic rings. The van der Waals surface area contributed by atoms with Crippen molar-refractivity contribution < 1.29 is 13.6 Å². The lowest BCUT2D eigenvalue weighted by atomic mass is 10.1. The van der Waals surface area contributed by atoms with Crippen LogP contribution in [0.4, 0.5) is 0 Å². The highest BCUT2D eigenvalue weighted by atomic mass is 31.1. The van der Waals surface area contributed by atoms with Crippen LogP contribution in [0.3, 0.4) is 0 Å². The second-order valence-corrected chi connectivity index (χ2v) is 3.97. The SMILES string of the molecule is CO[P+](=O)Oc1cccc2ccccc12. The molecule has 1 unspecified atom stereocenters. The van der Waals surface area contributed by atoms with Gasteiger partial charge in [0.2, 0.25) is 0 Å². The van der Waals surface area contributed by atoms with E-state index in [2.05, 4.69) is 4.52 Å². The maximum Gasteiger partial charge on any atom is 0.749 e. The van der Waals surface area contributed by atoms with Gasteiger partial charge in [-0.1, -0.05) is 36.4 Å². The van der Waals surface area contributed by atoms with Crippen LogP contribution in [0.2, 0.25) is 0 Å². The average Bonchev–Trinajstić information content (AvgIpc) is 2.29. The van der Waals surface area contributed by atoms with Gasteiger partial charge in [0.25, 0.3) is 0 Å². The lowest BCUT2D eigenvalue weighted by Crippen LogP contribution is -1.84. The van der Waals surface area contributed by atoms with Gasteiger partial charge in [0.1, 0.15) is 0 Å². The Morgan fingerprint density at radius 3 is 2.60 bits per heavy atom. The fourth-order valence-electron chi connectivity index (χ4n) is 1.39. The molecule has 0 amide bonds. The molecule has 0 bridgehead atoms. The van der Waals surface area contributed by atoms with Crippen molar-refractivity contribution in [1.82, 2.24) is 0 Å². The second-order valence-electron chi connectivity index (χ2n) is 2.97. The zero-order chi connectivity index (χ0) is 10.7. The Morgan fingerprint density at radius 1 is 1.07 bits per heavy atom. The number of fused-ring (bicyclic) bond motifs is 1. The molecular formula is C11H10O3P+. The number of hydrogen-bond donors (Lipinski definition) is 0. The van der Waals surface area contributed by atoms with Crippen LogP contribution in [0, 0.1) is 0 Å². The number of benzene rings is 2. The molecule has 2 aromatic carbocycles. The molecule has 15 heavy (non-hydrogen) atoms. The Kier molecular flexibility index (Phi) is 2.95. The molecule has 0 saturated carbocycles. The predicted octanol–water partition coefficient (Wildman–Crippen LogP) is 3.52. The summed E-state index contributed by atoms with van der Waals surface area (Å²) in [6.07, 6.45) is 0. The lowest BCUT2D eigenvalue weighted by molar-refractivity contribution is 0.350. The summed E-state index contributed by atoms with van der Waals surface area (Å²) < 4.78 is 20.9. The summed E-state index contributed by atoms with van der Waals surface area (Å²) in [5.41, 5.74) is 0. The van der Waals surface area contributed by atoms with Crippen LogP contribution in [-0.4, -0.2) is 7.11 Å². The van der Waals surface area contributed by atoms with Gasteiger partial charge in [-0.15, -0.1) is 4.52 Å². The van der Waals surface area contributed by atoms with Crippen molar-refractivity contribution in [2.45, 2.75) is 0 Å². The molecule has 0 aromatic heterocycles. The highest BCUT2D eigenvalue weighted by Gasteiger charge is 2.20. The van der Waals surface area contributed by atoms with Crippen LogP contribution in [0.25, 0.3) is 10.8 Å². The first-order valence-corrected chi connectivity index (χ1v) is 5.58. The molecule has 3 nitrogen and oxygen atoms in total. The van der Waals surface area contributed by atoms with Crippen molar-refractivity contribution in [1.29, 1.82) is 0 Å². The maximum absolute atomic E-state index is 11.1. The van der Waals surface area contributed by atoms with Crippen LogP contribution in [-0.2, 0) is 9.09 Å². The van der Waals surface area contributed by atoms with E-state index in [1.165, 1.54) is 7.11 Å². The first-order chi connectivity index (χ1) is 7.31. The largest absolute Gasteiger partial charge is 0.749 e. The summed E-state index contributed by atoms with van der Waals surface area (Å²) in [4.78, 5) is 0. The highest BCUT2D eigenvalue weighted by molar-refractivity contribution is 7.33. The minimum Gasteiger partial charge on any atom is -0.229 e. The fraction of sp³-hybridized carbons (Fsp3) is 0.0909. The zero-order valence-corrected chi connectivity index (χ0v) is 9.11. The van der Waals surface area contributed by atoms with E-state index in [9.17, 15) is 4.57 Å². The number of rotatable bonds is 3. The Bertz CT molecular complexity index is 491. The van der Waals surface area contributed by atoms with Crippen molar-refractivity contribution in [2.24, 2.45) is 0 Å². The first kappa shape index (κ1) is 10.1. The standard InChI is InChI=1S/C11H10O3P/c1-13-15(12)14-11-8-4-6-9-5-2-3-7-10(9)11/h2-8H,1H3/q+1. The molecule has 76 valence electrons. The van der Waals surface area contributed by atoms with Gasteiger partial charge in [0, 0.05) is 9.95 Å². The quantitative estimate of drug-likeness (QED) is 0.744. The minimum absolute atomic E-state index is 0.580. The Balaban J connectivity index is 2.46. The predicted molar refractivity (Wildman–Crippen MR) is 59.2 cm³/mol. The monoisotopic (exact) mass is 221 g/mol. The van der Waals surface area contributed by atoms with E-state index < -0.39 is 8.25 Å². The molecule has 0 aliphatic heterocycles. The normalized spacial score (nSPS) is 11.4. The molecule has 0 heterocycles. The van der Waals surface area contributed by atoms with E-state index in [0.717, 1.165) is 10.8 Å². The molecule has 2 aromatic rings. The Hall–Kier alpha value is -1.44. The third kappa shape index (κ3) is 2.14. The average molecular weight is 221 g/mol. The summed E-state index contributed by atoms with van der Waals surface area (Å²) in [5.74, 6) is 0.580. The van der Waals surface area contributed by atoms with Gasteiger partial charge in [0.05, 0.1) is 7.11 Å². The van der Waals surface area contributed by atoms with Gasteiger partial charge in [-0.05, 0) is 11.5 Å². The van der Waals surface area contributed by atoms with E-state index in [0.29, 0.717) is 5.75 Å². The van der Waals surface area contributed by atoms with Crippen LogP contribution in [0.15, 0.2) is 42.5 Å².